The smallest absolute Gasteiger partial charge is 0.209 e. The quantitative estimate of drug-likeness (QED) is 0.653. The van der Waals surface area contributed by atoms with Gasteiger partial charge < -0.3 is 0 Å². The highest BCUT2D eigenvalue weighted by Crippen LogP contribution is 2.49. The van der Waals surface area contributed by atoms with Gasteiger partial charge in [0, 0.05) is 5.02 Å². The number of alkyl halides is 2. The molecule has 23 heavy (non-hydrogen) atoms. The summed E-state index contributed by atoms with van der Waals surface area (Å²) in [5.41, 5.74) is -4.62. The summed E-state index contributed by atoms with van der Waals surface area (Å²) in [6.45, 7) is 4.74. The molecule has 0 aliphatic carbocycles. The van der Waals surface area contributed by atoms with Gasteiger partial charge in [-0.2, -0.15) is 5.26 Å². The van der Waals surface area contributed by atoms with Gasteiger partial charge in [0.05, 0.1) is 6.07 Å². The average Bonchev–Trinajstić information content (AvgIpc) is 2.50. The number of rotatable bonds is 4. The lowest BCUT2D eigenvalue weighted by Crippen LogP contribution is -2.59. The summed E-state index contributed by atoms with van der Waals surface area (Å²) in [5.74, 6) is 0. The molecule has 120 valence electrons. The van der Waals surface area contributed by atoms with Gasteiger partial charge in [0.15, 0.2) is 5.41 Å². The van der Waals surface area contributed by atoms with Crippen molar-refractivity contribution < 1.29 is 8.78 Å². The van der Waals surface area contributed by atoms with Crippen LogP contribution in [0.4, 0.5) is 8.78 Å². The maximum atomic E-state index is 15.5. The highest BCUT2D eigenvalue weighted by molar-refractivity contribution is 6.78. The molecule has 0 heterocycles. The van der Waals surface area contributed by atoms with Gasteiger partial charge in [-0.05, 0) is 23.3 Å². The van der Waals surface area contributed by atoms with E-state index in [2.05, 4.69) is 0 Å². The third-order valence-corrected chi connectivity index (χ3v) is 6.58. The highest BCUT2D eigenvalue weighted by atomic mass is 35.5. The van der Waals surface area contributed by atoms with Crippen molar-refractivity contribution in [1.82, 2.24) is 0 Å². The summed E-state index contributed by atoms with van der Waals surface area (Å²) in [6.07, 6.45) is 0. The number of nitriles is 1. The SMILES string of the molecule is C[Si](C)(C)C(F)(F)C(C#N)(c1ccccc1)c1ccc(Cl)cc1. The largest absolute Gasteiger partial charge is 0.255 e. The minimum Gasteiger partial charge on any atom is -0.209 e. The molecule has 1 atom stereocenters. The molecule has 0 fully saturated rings. The standard InChI is InChI=1S/C18H18ClF2NSi/c1-23(2,3)18(20,21)17(13-22,14-7-5-4-6-8-14)15-9-11-16(19)12-10-15/h4-12H,1-3H3. The number of benzene rings is 2. The first-order valence-electron chi connectivity index (χ1n) is 7.27. The lowest BCUT2D eigenvalue weighted by molar-refractivity contribution is 0.0342. The van der Waals surface area contributed by atoms with Crippen molar-refractivity contribution in [3.63, 3.8) is 0 Å². The average molecular weight is 350 g/mol. The molecule has 0 saturated carbocycles. The van der Waals surface area contributed by atoms with Crippen molar-refractivity contribution in [2.45, 2.75) is 30.6 Å². The number of hydrogen-bond donors (Lipinski definition) is 0. The molecule has 1 unspecified atom stereocenters. The molecule has 0 aliphatic heterocycles. The van der Waals surface area contributed by atoms with E-state index in [-0.39, 0.29) is 5.56 Å². The molecular weight excluding hydrogens is 332 g/mol. The van der Waals surface area contributed by atoms with E-state index < -0.39 is 19.0 Å². The van der Waals surface area contributed by atoms with Crippen LogP contribution in [-0.4, -0.2) is 13.6 Å². The number of hydrogen-bond acceptors (Lipinski definition) is 1. The maximum Gasteiger partial charge on any atom is 0.255 e. The van der Waals surface area contributed by atoms with E-state index in [4.69, 9.17) is 11.6 Å². The summed E-state index contributed by atoms with van der Waals surface area (Å²) < 4.78 is 31.1. The van der Waals surface area contributed by atoms with Gasteiger partial charge in [-0.25, -0.2) is 8.78 Å². The lowest BCUT2D eigenvalue weighted by atomic mass is 9.75. The molecule has 0 spiro atoms. The topological polar surface area (TPSA) is 23.8 Å². The number of nitrogens with zero attached hydrogens (tertiary/aromatic N) is 1. The van der Waals surface area contributed by atoms with Crippen LogP contribution in [0.15, 0.2) is 54.6 Å². The molecule has 0 N–H and O–H groups in total. The zero-order valence-electron chi connectivity index (χ0n) is 13.3. The molecule has 5 heteroatoms. The van der Waals surface area contributed by atoms with E-state index in [1.54, 1.807) is 62.1 Å². The summed E-state index contributed by atoms with van der Waals surface area (Å²) in [6, 6.07) is 16.4. The van der Waals surface area contributed by atoms with Gasteiger partial charge in [0.1, 0.15) is 8.07 Å². The van der Waals surface area contributed by atoms with Crippen LogP contribution >= 0.6 is 11.6 Å². The van der Waals surface area contributed by atoms with Crippen LogP contribution in [0.25, 0.3) is 0 Å². The van der Waals surface area contributed by atoms with Crippen molar-refractivity contribution in [2.75, 3.05) is 0 Å². The molecule has 0 radical (unpaired) electrons. The summed E-state index contributed by atoms with van der Waals surface area (Å²) in [5, 5.41) is 10.4. The van der Waals surface area contributed by atoms with E-state index in [0.717, 1.165) is 0 Å². The van der Waals surface area contributed by atoms with Gasteiger partial charge in [0.2, 0.25) is 0 Å². The molecular formula is C18H18ClF2NSi. The van der Waals surface area contributed by atoms with Crippen molar-refractivity contribution >= 4 is 19.7 Å². The first-order valence-corrected chi connectivity index (χ1v) is 11.2. The Morgan fingerprint density at radius 2 is 1.39 bits per heavy atom. The first kappa shape index (κ1) is 17.6. The molecule has 0 aromatic heterocycles. The van der Waals surface area contributed by atoms with Crippen molar-refractivity contribution in [3.05, 3.63) is 70.7 Å². The molecule has 2 rings (SSSR count). The van der Waals surface area contributed by atoms with E-state index in [1.807, 2.05) is 6.07 Å². The second-order valence-electron chi connectivity index (χ2n) is 6.56. The molecule has 1 nitrogen and oxygen atoms in total. The van der Waals surface area contributed by atoms with Crippen LogP contribution in [0.5, 0.6) is 0 Å². The third kappa shape index (κ3) is 2.80. The second-order valence-corrected chi connectivity index (χ2v) is 12.1. The Balaban J connectivity index is 2.84. The predicted molar refractivity (Wildman–Crippen MR) is 92.6 cm³/mol. The Labute approximate surface area is 141 Å². The fraction of sp³-hybridized carbons (Fsp3) is 0.278. The minimum absolute atomic E-state index is 0.267. The second kappa shape index (κ2) is 6.07. The van der Waals surface area contributed by atoms with Crippen LogP contribution in [0, 0.1) is 11.3 Å². The molecule has 2 aromatic rings. The van der Waals surface area contributed by atoms with Gasteiger partial charge in [0.25, 0.3) is 5.55 Å². The van der Waals surface area contributed by atoms with E-state index in [1.165, 1.54) is 12.1 Å². The number of halogens is 3. The minimum atomic E-state index is -3.16. The van der Waals surface area contributed by atoms with Gasteiger partial charge >= 0.3 is 0 Å². The predicted octanol–water partition coefficient (Wildman–Crippen LogP) is 5.66. The van der Waals surface area contributed by atoms with Crippen LogP contribution in [0.2, 0.25) is 24.7 Å². The van der Waals surface area contributed by atoms with Crippen molar-refractivity contribution in [1.29, 1.82) is 5.26 Å². The molecule has 0 saturated heterocycles. The lowest BCUT2D eigenvalue weighted by Gasteiger charge is -2.42. The zero-order valence-corrected chi connectivity index (χ0v) is 15.0. The monoisotopic (exact) mass is 349 g/mol. The van der Waals surface area contributed by atoms with Gasteiger partial charge in [-0.3, -0.25) is 0 Å². The third-order valence-electron chi connectivity index (χ3n) is 4.06. The Hall–Kier alpha value is -1.70. The first-order chi connectivity index (χ1) is 10.7. The van der Waals surface area contributed by atoms with Crippen LogP contribution in [-0.2, 0) is 5.41 Å². The summed E-state index contributed by atoms with van der Waals surface area (Å²) in [4.78, 5) is 0. The van der Waals surface area contributed by atoms with Crippen LogP contribution in [0.3, 0.4) is 0 Å². The molecule has 2 aromatic carbocycles. The normalized spacial score (nSPS) is 14.8. The summed E-state index contributed by atoms with van der Waals surface area (Å²) in [7, 11) is -3.01. The maximum absolute atomic E-state index is 15.5. The molecule has 0 bridgehead atoms. The zero-order chi connectivity index (χ0) is 17.3. The molecule has 0 aliphatic rings. The van der Waals surface area contributed by atoms with Crippen molar-refractivity contribution in [3.8, 4) is 6.07 Å². The van der Waals surface area contributed by atoms with Gasteiger partial charge in [-0.15, -0.1) is 0 Å². The van der Waals surface area contributed by atoms with Crippen LogP contribution in [0.1, 0.15) is 11.1 Å². The van der Waals surface area contributed by atoms with E-state index >= 15 is 8.78 Å². The Morgan fingerprint density at radius 3 is 1.83 bits per heavy atom. The Kier molecular flexibility index (Phi) is 4.65. The fourth-order valence-electron chi connectivity index (χ4n) is 2.68. The van der Waals surface area contributed by atoms with Crippen molar-refractivity contribution in [2.24, 2.45) is 0 Å². The van der Waals surface area contributed by atoms with E-state index in [0.29, 0.717) is 10.6 Å². The van der Waals surface area contributed by atoms with E-state index in [9.17, 15) is 5.26 Å². The Morgan fingerprint density at radius 1 is 0.913 bits per heavy atom. The van der Waals surface area contributed by atoms with Crippen LogP contribution < -0.4 is 0 Å². The fourth-order valence-corrected chi connectivity index (χ4v) is 4.27. The summed E-state index contributed by atoms with van der Waals surface area (Å²) >= 11 is 5.89. The highest BCUT2D eigenvalue weighted by Gasteiger charge is 2.63. The molecule has 0 amide bonds. The Bertz CT molecular complexity index is 717. The van der Waals surface area contributed by atoms with Gasteiger partial charge in [-0.1, -0.05) is 73.7 Å².